The van der Waals surface area contributed by atoms with Crippen LogP contribution in [0.5, 0.6) is 0 Å². The molecule has 0 unspecified atom stereocenters. The lowest BCUT2D eigenvalue weighted by Gasteiger charge is -2.20. The van der Waals surface area contributed by atoms with E-state index in [0.29, 0.717) is 0 Å². The molecule has 5 heterocycles. The third kappa shape index (κ3) is 3.64. The van der Waals surface area contributed by atoms with Crippen LogP contribution in [-0.2, 0) is 0 Å². The van der Waals surface area contributed by atoms with E-state index in [1.165, 1.54) is 74.4 Å². The Morgan fingerprint density at radius 2 is 1.38 bits per heavy atom. The van der Waals surface area contributed by atoms with Crippen molar-refractivity contribution in [2.75, 3.05) is 0 Å². The highest BCUT2D eigenvalue weighted by Gasteiger charge is 2.21. The molecule has 47 heavy (non-hydrogen) atoms. The number of para-hydroxylation sites is 2. The molecule has 0 aliphatic carbocycles. The Morgan fingerprint density at radius 3 is 2.34 bits per heavy atom. The van der Waals surface area contributed by atoms with E-state index in [4.69, 9.17) is 9.97 Å². The molecule has 11 rings (SSSR count). The average Bonchev–Trinajstić information content (AvgIpc) is 3.71. The average molecular weight is 634 g/mol. The maximum absolute atomic E-state index is 5.21. The maximum Gasteiger partial charge on any atom is 0.156 e. The molecule has 0 saturated heterocycles. The van der Waals surface area contributed by atoms with Crippen LogP contribution in [0.4, 0.5) is 0 Å². The Hall–Kier alpha value is -5.49. The van der Waals surface area contributed by atoms with Gasteiger partial charge in [-0.05, 0) is 80.4 Å². The van der Waals surface area contributed by atoms with Crippen molar-refractivity contribution in [3.05, 3.63) is 140 Å². The number of nitrogens with zero attached hydrogens (tertiary/aromatic N) is 3. The van der Waals surface area contributed by atoms with Crippen LogP contribution in [0.2, 0.25) is 0 Å². The Labute approximate surface area is 277 Å². The van der Waals surface area contributed by atoms with Crippen molar-refractivity contribution in [3.8, 4) is 33.5 Å². The summed E-state index contributed by atoms with van der Waals surface area (Å²) in [5, 5.41) is 8.69. The van der Waals surface area contributed by atoms with Crippen LogP contribution in [-0.4, -0.2) is 14.4 Å². The minimum absolute atomic E-state index is 1.01. The van der Waals surface area contributed by atoms with Gasteiger partial charge in [0.15, 0.2) is 5.65 Å². The van der Waals surface area contributed by atoms with Crippen LogP contribution in [0, 0.1) is 0 Å². The summed E-state index contributed by atoms with van der Waals surface area (Å²) in [6.07, 6.45) is 1.91. The van der Waals surface area contributed by atoms with Gasteiger partial charge in [-0.1, -0.05) is 109 Å². The van der Waals surface area contributed by atoms with E-state index < -0.39 is 0 Å². The highest BCUT2D eigenvalue weighted by Crippen LogP contribution is 2.48. The van der Waals surface area contributed by atoms with Crippen molar-refractivity contribution in [2.24, 2.45) is 0 Å². The van der Waals surface area contributed by atoms with E-state index >= 15 is 0 Å². The van der Waals surface area contributed by atoms with Crippen LogP contribution in [0.1, 0.15) is 0 Å². The Kier molecular flexibility index (Phi) is 5.20. The molecule has 0 bridgehead atoms. The van der Waals surface area contributed by atoms with Crippen molar-refractivity contribution in [2.45, 2.75) is 9.92 Å². The fraction of sp³-hybridized carbons (Fsp3) is 0. The smallest absolute Gasteiger partial charge is 0.156 e. The van der Waals surface area contributed by atoms with Gasteiger partial charge >= 0.3 is 0 Å². The van der Waals surface area contributed by atoms with Crippen molar-refractivity contribution in [1.29, 1.82) is 0 Å². The molecule has 4 aromatic heterocycles. The SMILES string of the molecule is c1cc2c3c(nccc3c1)Sc1ccc(-c3ccc(-c4cc5c6ccc7ccccc7c6sc5c5nc6ccccc6n45)cc3)cc1-2. The molecular formula is C42H23N3S2. The molecule has 0 amide bonds. The number of fused-ring (bicyclic) bond motifs is 11. The summed E-state index contributed by atoms with van der Waals surface area (Å²) in [5.41, 5.74) is 10.4. The number of aromatic nitrogens is 3. The van der Waals surface area contributed by atoms with Gasteiger partial charge in [0, 0.05) is 32.0 Å². The number of benzene rings is 6. The van der Waals surface area contributed by atoms with Gasteiger partial charge in [-0.2, -0.15) is 0 Å². The Balaban J connectivity index is 1.10. The number of hydrogen-bond donors (Lipinski definition) is 0. The number of rotatable bonds is 2. The maximum atomic E-state index is 5.21. The van der Waals surface area contributed by atoms with E-state index in [9.17, 15) is 0 Å². The summed E-state index contributed by atoms with van der Waals surface area (Å²) in [6, 6.07) is 48.6. The molecule has 5 heteroatoms. The van der Waals surface area contributed by atoms with Gasteiger partial charge in [0.25, 0.3) is 0 Å². The molecular weight excluding hydrogens is 611 g/mol. The molecule has 0 radical (unpaired) electrons. The van der Waals surface area contributed by atoms with E-state index in [1.807, 2.05) is 17.5 Å². The second-order valence-electron chi connectivity index (χ2n) is 12.2. The van der Waals surface area contributed by atoms with Crippen LogP contribution >= 0.6 is 23.1 Å². The van der Waals surface area contributed by atoms with Gasteiger partial charge in [0.05, 0.1) is 21.4 Å². The van der Waals surface area contributed by atoms with Crippen molar-refractivity contribution >= 4 is 81.5 Å². The summed E-state index contributed by atoms with van der Waals surface area (Å²) in [7, 11) is 0. The number of imidazole rings is 1. The van der Waals surface area contributed by atoms with E-state index in [-0.39, 0.29) is 0 Å². The standard InChI is InChI=1S/C42H23N3S2/c1-2-8-29-25(6-1)16-18-31-33-23-36(45-35-11-4-3-10-34(35)44-41(45)40(33)47-39(29)31)26-14-12-24(13-15-26)28-17-19-37-32(22-28)30-9-5-7-27-20-21-43-42(46-37)38(27)30/h1-23H. The number of pyridine rings is 2. The summed E-state index contributed by atoms with van der Waals surface area (Å²) >= 11 is 3.62. The molecule has 0 N–H and O–H groups in total. The van der Waals surface area contributed by atoms with E-state index in [1.54, 1.807) is 11.8 Å². The predicted molar refractivity (Wildman–Crippen MR) is 199 cm³/mol. The van der Waals surface area contributed by atoms with Crippen LogP contribution in [0.3, 0.4) is 0 Å². The van der Waals surface area contributed by atoms with Crippen LogP contribution in [0.25, 0.3) is 91.9 Å². The third-order valence-electron chi connectivity index (χ3n) is 9.65. The third-order valence-corrected chi connectivity index (χ3v) is 12.0. The summed E-state index contributed by atoms with van der Waals surface area (Å²) in [6.45, 7) is 0. The van der Waals surface area contributed by atoms with Gasteiger partial charge in [0.2, 0.25) is 0 Å². The molecule has 0 saturated carbocycles. The molecule has 218 valence electrons. The molecule has 3 nitrogen and oxygen atoms in total. The zero-order valence-electron chi connectivity index (χ0n) is 24.9. The second-order valence-corrected chi connectivity index (χ2v) is 14.3. The molecule has 1 aliphatic heterocycles. The lowest BCUT2D eigenvalue weighted by Crippen LogP contribution is -1.95. The molecule has 10 aromatic rings. The van der Waals surface area contributed by atoms with Gasteiger partial charge in [-0.3, -0.25) is 4.40 Å². The first-order valence-electron chi connectivity index (χ1n) is 15.7. The van der Waals surface area contributed by atoms with Crippen molar-refractivity contribution in [3.63, 3.8) is 0 Å². The summed E-state index contributed by atoms with van der Waals surface area (Å²) < 4.78 is 4.90. The second kappa shape index (κ2) is 9.52. The first-order valence-corrected chi connectivity index (χ1v) is 17.4. The molecule has 0 atom stereocenters. The molecule has 6 aromatic carbocycles. The normalized spacial score (nSPS) is 12.6. The molecule has 0 fully saturated rings. The monoisotopic (exact) mass is 633 g/mol. The minimum Gasteiger partial charge on any atom is -0.291 e. The highest BCUT2D eigenvalue weighted by atomic mass is 32.2. The van der Waals surface area contributed by atoms with Crippen molar-refractivity contribution in [1.82, 2.24) is 14.4 Å². The molecule has 1 aliphatic rings. The number of hydrogen-bond acceptors (Lipinski definition) is 4. The van der Waals surface area contributed by atoms with Gasteiger partial charge in [0.1, 0.15) is 5.03 Å². The quantitative estimate of drug-likeness (QED) is 0.190. The number of thiophene rings is 1. The first kappa shape index (κ1) is 25.7. The lowest BCUT2D eigenvalue weighted by atomic mass is 9.95. The summed E-state index contributed by atoms with van der Waals surface area (Å²) in [5.74, 6) is 0. The minimum atomic E-state index is 1.01. The summed E-state index contributed by atoms with van der Waals surface area (Å²) in [4.78, 5) is 11.2. The predicted octanol–water partition coefficient (Wildman–Crippen LogP) is 12.0. The zero-order valence-corrected chi connectivity index (χ0v) is 26.6. The van der Waals surface area contributed by atoms with Gasteiger partial charge < -0.3 is 0 Å². The Bertz CT molecular complexity index is 2930. The van der Waals surface area contributed by atoms with Crippen LogP contribution in [0.15, 0.2) is 150 Å². The molecule has 0 spiro atoms. The topological polar surface area (TPSA) is 30.2 Å². The van der Waals surface area contributed by atoms with Gasteiger partial charge in [-0.25, -0.2) is 9.97 Å². The van der Waals surface area contributed by atoms with E-state index in [2.05, 4.69) is 138 Å². The lowest BCUT2D eigenvalue weighted by molar-refractivity contribution is 1.16. The fourth-order valence-electron chi connectivity index (χ4n) is 7.44. The largest absolute Gasteiger partial charge is 0.291 e. The first-order chi connectivity index (χ1) is 23.3. The zero-order chi connectivity index (χ0) is 30.6. The van der Waals surface area contributed by atoms with E-state index in [0.717, 1.165) is 27.4 Å². The van der Waals surface area contributed by atoms with Gasteiger partial charge in [-0.15, -0.1) is 11.3 Å². The Morgan fingerprint density at radius 1 is 0.553 bits per heavy atom. The van der Waals surface area contributed by atoms with Crippen LogP contribution < -0.4 is 0 Å². The van der Waals surface area contributed by atoms with Crippen molar-refractivity contribution < 1.29 is 0 Å². The highest BCUT2D eigenvalue weighted by molar-refractivity contribution is 7.99. The fourth-order valence-corrected chi connectivity index (χ4v) is 9.80.